The van der Waals surface area contributed by atoms with Crippen molar-refractivity contribution < 1.29 is 18.0 Å². The minimum Gasteiger partial charge on any atom is -0.350 e. The fraction of sp³-hybridized carbons (Fsp3) is 0.310. The van der Waals surface area contributed by atoms with Crippen molar-refractivity contribution in [2.75, 3.05) is 10.8 Å². The number of nitrogens with zero attached hydrogens (tertiary/aromatic N) is 2. The molecule has 0 saturated heterocycles. The van der Waals surface area contributed by atoms with E-state index >= 15 is 0 Å². The van der Waals surface area contributed by atoms with Crippen LogP contribution in [0.2, 0.25) is 10.0 Å². The Kier molecular flexibility index (Phi) is 9.69. The number of benzene rings is 3. The maximum absolute atomic E-state index is 14.0. The van der Waals surface area contributed by atoms with Gasteiger partial charge in [0.2, 0.25) is 11.8 Å². The van der Waals surface area contributed by atoms with Gasteiger partial charge in [0, 0.05) is 22.1 Å². The molecule has 0 aliphatic heterocycles. The molecule has 0 aliphatic rings. The summed E-state index contributed by atoms with van der Waals surface area (Å²) in [5, 5.41) is 3.88. The van der Waals surface area contributed by atoms with Crippen LogP contribution >= 0.6 is 23.2 Å². The van der Waals surface area contributed by atoms with Crippen molar-refractivity contribution >= 4 is 50.7 Å². The van der Waals surface area contributed by atoms with Crippen molar-refractivity contribution in [1.29, 1.82) is 0 Å². The molecule has 0 bridgehead atoms. The lowest BCUT2D eigenvalue weighted by Gasteiger charge is -2.33. The number of hydrogen-bond acceptors (Lipinski definition) is 4. The van der Waals surface area contributed by atoms with E-state index in [0.29, 0.717) is 21.3 Å². The van der Waals surface area contributed by atoms with E-state index in [1.807, 2.05) is 20.8 Å². The predicted molar refractivity (Wildman–Crippen MR) is 157 cm³/mol. The largest absolute Gasteiger partial charge is 0.350 e. The summed E-state index contributed by atoms with van der Waals surface area (Å²) >= 11 is 12.2. The van der Waals surface area contributed by atoms with Gasteiger partial charge in [-0.3, -0.25) is 13.9 Å². The molecule has 7 nitrogen and oxygen atoms in total. The Hall–Kier alpha value is -3.07. The van der Waals surface area contributed by atoms with Crippen molar-refractivity contribution in [2.45, 2.75) is 57.6 Å². The lowest BCUT2D eigenvalue weighted by molar-refractivity contribution is -0.140. The Morgan fingerprint density at radius 3 is 2.08 bits per heavy atom. The zero-order valence-electron chi connectivity index (χ0n) is 22.6. The number of nitrogens with one attached hydrogen (secondary N) is 1. The number of aryl methyl sites for hydroxylation is 1. The molecule has 0 heterocycles. The van der Waals surface area contributed by atoms with Gasteiger partial charge >= 0.3 is 0 Å². The molecule has 3 aromatic carbocycles. The number of carbonyl (C=O) groups excluding carboxylic acids is 2. The average Bonchev–Trinajstić information content (AvgIpc) is 2.86. The molecule has 0 spiro atoms. The second-order valence-corrected chi connectivity index (χ2v) is 13.1. The second-order valence-electron chi connectivity index (χ2n) is 10.3. The first-order valence-electron chi connectivity index (χ1n) is 12.4. The van der Waals surface area contributed by atoms with Gasteiger partial charge in [0.05, 0.1) is 10.6 Å². The Labute approximate surface area is 240 Å². The van der Waals surface area contributed by atoms with Gasteiger partial charge in [0.25, 0.3) is 10.0 Å². The molecule has 0 unspecified atom stereocenters. The molecule has 10 heteroatoms. The van der Waals surface area contributed by atoms with Gasteiger partial charge in [-0.1, -0.05) is 53.5 Å². The highest BCUT2D eigenvalue weighted by molar-refractivity contribution is 7.92. The van der Waals surface area contributed by atoms with Crippen LogP contribution in [0.3, 0.4) is 0 Å². The molecule has 1 atom stereocenters. The third kappa shape index (κ3) is 7.97. The van der Waals surface area contributed by atoms with Crippen molar-refractivity contribution in [3.05, 3.63) is 94.0 Å². The van der Waals surface area contributed by atoms with Gasteiger partial charge in [-0.25, -0.2) is 8.42 Å². The van der Waals surface area contributed by atoms with Gasteiger partial charge in [-0.05, 0) is 88.2 Å². The first kappa shape index (κ1) is 30.5. The monoisotopic (exact) mass is 589 g/mol. The summed E-state index contributed by atoms with van der Waals surface area (Å²) in [4.78, 5) is 28.5. The number of amides is 2. The normalized spacial score (nSPS) is 12.5. The number of anilines is 1. The van der Waals surface area contributed by atoms with Crippen molar-refractivity contribution in [3.8, 4) is 0 Å². The van der Waals surface area contributed by atoms with Gasteiger partial charge in [0.15, 0.2) is 0 Å². The van der Waals surface area contributed by atoms with Crippen LogP contribution in [0.5, 0.6) is 0 Å². The number of carbonyl (C=O) groups is 2. The highest BCUT2D eigenvalue weighted by Crippen LogP contribution is 2.29. The fourth-order valence-corrected chi connectivity index (χ4v) is 5.83. The quantitative estimate of drug-likeness (QED) is 0.340. The number of hydrogen-bond donors (Lipinski definition) is 1. The predicted octanol–water partition coefficient (Wildman–Crippen LogP) is 5.83. The zero-order valence-corrected chi connectivity index (χ0v) is 24.9. The highest BCUT2D eigenvalue weighted by atomic mass is 35.5. The summed E-state index contributed by atoms with van der Waals surface area (Å²) in [5.74, 6) is -0.902. The minimum absolute atomic E-state index is 0.0370. The molecule has 3 rings (SSSR count). The van der Waals surface area contributed by atoms with E-state index in [4.69, 9.17) is 23.2 Å². The van der Waals surface area contributed by atoms with Crippen LogP contribution in [0.1, 0.15) is 38.8 Å². The summed E-state index contributed by atoms with van der Waals surface area (Å²) in [5.41, 5.74) is 1.11. The van der Waals surface area contributed by atoms with Gasteiger partial charge in [0.1, 0.15) is 12.6 Å². The highest BCUT2D eigenvalue weighted by Gasteiger charge is 2.33. The molecule has 3 aromatic rings. The van der Waals surface area contributed by atoms with E-state index in [-0.39, 0.29) is 17.3 Å². The lowest BCUT2D eigenvalue weighted by atomic mass is 10.1. The topological polar surface area (TPSA) is 86.8 Å². The van der Waals surface area contributed by atoms with Crippen LogP contribution in [0.4, 0.5) is 5.69 Å². The lowest BCUT2D eigenvalue weighted by Crippen LogP contribution is -2.54. The Morgan fingerprint density at radius 1 is 0.923 bits per heavy atom. The van der Waals surface area contributed by atoms with Crippen LogP contribution in [0, 0.1) is 6.92 Å². The second kappa shape index (κ2) is 12.4. The molecule has 0 radical (unpaired) electrons. The third-order valence-corrected chi connectivity index (χ3v) is 8.23. The maximum atomic E-state index is 14.0. The minimum atomic E-state index is -4.15. The van der Waals surface area contributed by atoms with Crippen LogP contribution in [0.25, 0.3) is 0 Å². The van der Waals surface area contributed by atoms with Crippen LogP contribution in [-0.4, -0.2) is 43.3 Å². The van der Waals surface area contributed by atoms with E-state index in [0.717, 1.165) is 9.87 Å². The Bertz CT molecular complexity index is 1420. The van der Waals surface area contributed by atoms with Crippen LogP contribution < -0.4 is 9.62 Å². The smallest absolute Gasteiger partial charge is 0.264 e. The molecule has 1 N–H and O–H groups in total. The summed E-state index contributed by atoms with van der Waals surface area (Å²) in [6.45, 7) is 8.44. The van der Waals surface area contributed by atoms with Crippen LogP contribution in [0.15, 0.2) is 77.7 Å². The summed E-state index contributed by atoms with van der Waals surface area (Å²) in [7, 11) is -4.15. The first-order valence-corrected chi connectivity index (χ1v) is 14.6. The van der Waals surface area contributed by atoms with E-state index in [1.54, 1.807) is 74.5 Å². The van der Waals surface area contributed by atoms with Crippen molar-refractivity contribution in [2.24, 2.45) is 0 Å². The summed E-state index contributed by atoms with van der Waals surface area (Å²) < 4.78 is 28.8. The fourth-order valence-electron chi connectivity index (χ4n) is 3.97. The third-order valence-electron chi connectivity index (χ3n) is 5.97. The average molecular weight is 591 g/mol. The maximum Gasteiger partial charge on any atom is 0.264 e. The molecule has 0 aliphatic carbocycles. The van der Waals surface area contributed by atoms with Gasteiger partial charge in [-0.2, -0.15) is 0 Å². The molecule has 39 heavy (non-hydrogen) atoms. The molecule has 0 saturated carbocycles. The van der Waals surface area contributed by atoms with Gasteiger partial charge < -0.3 is 10.2 Å². The standard InChI is InChI=1S/C29H33Cl2N3O4S/c1-20-17-24(31)15-16-26(20)34(39(37,38)25-9-7-6-8-10-25)19-27(35)33(18-22-11-13-23(30)14-12-22)21(2)28(36)32-29(3,4)5/h6-17,21H,18-19H2,1-5H3,(H,32,36)/t21-/m0/s1. The molecule has 0 fully saturated rings. The molecule has 2 amide bonds. The van der Waals surface area contributed by atoms with E-state index in [9.17, 15) is 18.0 Å². The van der Waals surface area contributed by atoms with Gasteiger partial charge in [-0.15, -0.1) is 0 Å². The summed E-state index contributed by atoms with van der Waals surface area (Å²) in [6, 6.07) is 18.7. The van der Waals surface area contributed by atoms with E-state index < -0.39 is 34.1 Å². The molecular weight excluding hydrogens is 557 g/mol. The van der Waals surface area contributed by atoms with Crippen molar-refractivity contribution in [1.82, 2.24) is 10.2 Å². The van der Waals surface area contributed by atoms with Crippen molar-refractivity contribution in [3.63, 3.8) is 0 Å². The molecular formula is C29H33Cl2N3O4S. The summed E-state index contributed by atoms with van der Waals surface area (Å²) in [6.07, 6.45) is 0. The number of halogens is 2. The number of sulfonamides is 1. The van der Waals surface area contributed by atoms with E-state index in [1.165, 1.54) is 17.0 Å². The molecule has 208 valence electrons. The molecule has 0 aromatic heterocycles. The Balaban J connectivity index is 2.05. The van der Waals surface area contributed by atoms with Crippen LogP contribution in [-0.2, 0) is 26.2 Å². The zero-order chi connectivity index (χ0) is 29.0. The number of rotatable bonds is 9. The first-order chi connectivity index (χ1) is 18.2. The van der Waals surface area contributed by atoms with E-state index in [2.05, 4.69) is 5.32 Å². The SMILES string of the molecule is Cc1cc(Cl)ccc1N(CC(=O)N(Cc1ccc(Cl)cc1)[C@@H](C)C(=O)NC(C)(C)C)S(=O)(=O)c1ccccc1. The Morgan fingerprint density at radius 2 is 1.51 bits per heavy atom.